The summed E-state index contributed by atoms with van der Waals surface area (Å²) in [6.07, 6.45) is 0.791. The Kier molecular flexibility index (Phi) is 3.92. The number of halogens is 2. The summed E-state index contributed by atoms with van der Waals surface area (Å²) in [7, 11) is 0. The van der Waals surface area contributed by atoms with Gasteiger partial charge in [-0.25, -0.2) is 14.2 Å². The summed E-state index contributed by atoms with van der Waals surface area (Å²) >= 11 is 0. The molecule has 0 aliphatic heterocycles. The predicted molar refractivity (Wildman–Crippen MR) is 64.5 cm³/mol. The minimum Gasteiger partial charge on any atom is -0.461 e. The van der Waals surface area contributed by atoms with Crippen LogP contribution in [0.3, 0.4) is 0 Å². The molecule has 9 heteroatoms. The van der Waals surface area contributed by atoms with E-state index in [1.54, 1.807) is 0 Å². The Morgan fingerprint density at radius 3 is 2.81 bits per heavy atom. The van der Waals surface area contributed by atoms with E-state index in [0.717, 1.165) is 6.39 Å². The second kappa shape index (κ2) is 5.65. The van der Waals surface area contributed by atoms with Crippen molar-refractivity contribution < 1.29 is 27.7 Å². The Labute approximate surface area is 116 Å². The first-order valence-electron chi connectivity index (χ1n) is 5.70. The molecule has 0 aliphatic rings. The highest BCUT2D eigenvalue weighted by Gasteiger charge is 2.29. The number of benzene rings is 1. The van der Waals surface area contributed by atoms with E-state index in [2.05, 4.69) is 9.72 Å². The highest BCUT2D eigenvalue weighted by atomic mass is 19.1. The molecule has 0 atom stereocenters. The van der Waals surface area contributed by atoms with Crippen LogP contribution in [0.1, 0.15) is 17.4 Å². The van der Waals surface area contributed by atoms with Crippen LogP contribution in [0, 0.1) is 21.7 Å². The Morgan fingerprint density at radius 1 is 1.48 bits per heavy atom. The summed E-state index contributed by atoms with van der Waals surface area (Å²) in [5.41, 5.74) is -2.25. The van der Waals surface area contributed by atoms with Gasteiger partial charge in [0.05, 0.1) is 17.1 Å². The van der Waals surface area contributed by atoms with Gasteiger partial charge < -0.3 is 9.15 Å². The van der Waals surface area contributed by atoms with E-state index in [-0.39, 0.29) is 6.61 Å². The van der Waals surface area contributed by atoms with E-state index >= 15 is 0 Å². The number of rotatable bonds is 4. The lowest BCUT2D eigenvalue weighted by atomic mass is 10.1. The van der Waals surface area contributed by atoms with Crippen molar-refractivity contribution in [3.63, 3.8) is 0 Å². The Morgan fingerprint density at radius 2 is 2.19 bits per heavy atom. The van der Waals surface area contributed by atoms with Gasteiger partial charge in [0, 0.05) is 6.07 Å². The molecule has 0 saturated heterocycles. The lowest BCUT2D eigenvalue weighted by Gasteiger charge is -2.04. The maximum absolute atomic E-state index is 14.1. The SMILES string of the molecule is CCOC(=O)c1ncoc1-c1c(F)ccc([N+](=O)[O-])c1F. The van der Waals surface area contributed by atoms with Gasteiger partial charge in [-0.3, -0.25) is 10.1 Å². The summed E-state index contributed by atoms with van der Waals surface area (Å²) in [4.78, 5) is 24.8. The highest BCUT2D eigenvalue weighted by molar-refractivity contribution is 5.93. The van der Waals surface area contributed by atoms with E-state index in [1.165, 1.54) is 6.92 Å². The van der Waals surface area contributed by atoms with E-state index in [0.29, 0.717) is 12.1 Å². The lowest BCUT2D eigenvalue weighted by molar-refractivity contribution is -0.387. The fraction of sp³-hybridized carbons (Fsp3) is 0.167. The fourth-order valence-electron chi connectivity index (χ4n) is 1.66. The Hall–Kier alpha value is -2.84. The second-order valence-corrected chi connectivity index (χ2v) is 3.76. The molecule has 2 aromatic rings. The molecule has 1 heterocycles. The fourth-order valence-corrected chi connectivity index (χ4v) is 1.66. The number of hydrogen-bond donors (Lipinski definition) is 0. The van der Waals surface area contributed by atoms with Crippen molar-refractivity contribution in [3.8, 4) is 11.3 Å². The molecule has 0 N–H and O–H groups in total. The molecule has 0 radical (unpaired) electrons. The van der Waals surface area contributed by atoms with Gasteiger partial charge in [0.2, 0.25) is 5.82 Å². The number of nitrogens with zero attached hydrogens (tertiary/aromatic N) is 2. The molecule has 0 amide bonds. The highest BCUT2D eigenvalue weighted by Crippen LogP contribution is 2.33. The Balaban J connectivity index is 2.63. The van der Waals surface area contributed by atoms with Crippen molar-refractivity contribution in [2.75, 3.05) is 6.61 Å². The molecule has 0 saturated carbocycles. The van der Waals surface area contributed by atoms with Gasteiger partial charge in [0.15, 0.2) is 17.8 Å². The molecule has 1 aromatic carbocycles. The zero-order valence-corrected chi connectivity index (χ0v) is 10.6. The zero-order valence-electron chi connectivity index (χ0n) is 10.6. The lowest BCUT2D eigenvalue weighted by Crippen LogP contribution is -2.07. The molecule has 1 aromatic heterocycles. The molecular formula is C12H8F2N2O5. The van der Waals surface area contributed by atoms with Gasteiger partial charge >= 0.3 is 11.7 Å². The van der Waals surface area contributed by atoms with E-state index in [1.807, 2.05) is 0 Å². The van der Waals surface area contributed by atoms with Gasteiger partial charge in [0.25, 0.3) is 0 Å². The average Bonchev–Trinajstić information content (AvgIpc) is 2.87. The van der Waals surface area contributed by atoms with Crippen molar-refractivity contribution in [2.45, 2.75) is 6.92 Å². The number of nitro benzene ring substituents is 1. The molecule has 0 unspecified atom stereocenters. The van der Waals surface area contributed by atoms with Crippen LogP contribution >= 0.6 is 0 Å². The third-order valence-corrected chi connectivity index (χ3v) is 2.53. The van der Waals surface area contributed by atoms with Gasteiger partial charge in [-0.05, 0) is 13.0 Å². The predicted octanol–water partition coefficient (Wildman–Crippen LogP) is 2.70. The monoisotopic (exact) mass is 298 g/mol. The van der Waals surface area contributed by atoms with Crippen molar-refractivity contribution in [3.05, 3.63) is 46.0 Å². The van der Waals surface area contributed by atoms with Crippen LogP contribution in [-0.2, 0) is 4.74 Å². The topological polar surface area (TPSA) is 95.5 Å². The Bertz CT molecular complexity index is 714. The first-order chi connectivity index (χ1) is 9.97. The summed E-state index contributed by atoms with van der Waals surface area (Å²) in [5, 5.41) is 10.7. The molecule has 0 aliphatic carbocycles. The number of oxazole rings is 1. The number of esters is 1. The van der Waals surface area contributed by atoms with E-state index in [9.17, 15) is 23.7 Å². The largest absolute Gasteiger partial charge is 0.461 e. The van der Waals surface area contributed by atoms with Crippen molar-refractivity contribution >= 4 is 11.7 Å². The van der Waals surface area contributed by atoms with Crippen LogP contribution in [0.2, 0.25) is 0 Å². The second-order valence-electron chi connectivity index (χ2n) is 3.76. The zero-order chi connectivity index (χ0) is 15.6. The maximum atomic E-state index is 14.1. The number of aromatic nitrogens is 1. The van der Waals surface area contributed by atoms with Gasteiger partial charge in [-0.2, -0.15) is 4.39 Å². The number of carbonyl (C=O) groups is 1. The number of hydrogen-bond acceptors (Lipinski definition) is 6. The average molecular weight is 298 g/mol. The normalized spacial score (nSPS) is 10.4. The maximum Gasteiger partial charge on any atom is 0.360 e. The molecule has 0 fully saturated rings. The number of ether oxygens (including phenoxy) is 1. The van der Waals surface area contributed by atoms with Crippen LogP contribution in [0.4, 0.5) is 14.5 Å². The minimum absolute atomic E-state index is 0.0189. The van der Waals surface area contributed by atoms with Gasteiger partial charge in [0.1, 0.15) is 5.82 Å². The molecule has 0 bridgehead atoms. The summed E-state index contributed by atoms with van der Waals surface area (Å²) in [6.45, 7) is 1.55. The molecule has 110 valence electrons. The molecule has 2 rings (SSSR count). The van der Waals surface area contributed by atoms with Crippen molar-refractivity contribution in [1.29, 1.82) is 0 Å². The van der Waals surface area contributed by atoms with Crippen molar-refractivity contribution in [2.24, 2.45) is 0 Å². The van der Waals surface area contributed by atoms with Crippen LogP contribution in [0.25, 0.3) is 11.3 Å². The van der Waals surface area contributed by atoms with E-state index < -0.39 is 45.2 Å². The van der Waals surface area contributed by atoms with Crippen LogP contribution in [0.5, 0.6) is 0 Å². The number of carbonyl (C=O) groups excluding carboxylic acids is 1. The van der Waals surface area contributed by atoms with Gasteiger partial charge in [-0.1, -0.05) is 0 Å². The standard InChI is InChI=1S/C12H8F2N2O5/c1-2-20-12(17)10-11(21-5-15-10)8-6(13)3-4-7(9(8)14)16(18)19/h3-5H,2H2,1H3. The van der Waals surface area contributed by atoms with Crippen LogP contribution < -0.4 is 0 Å². The third-order valence-electron chi connectivity index (χ3n) is 2.53. The first kappa shape index (κ1) is 14.6. The van der Waals surface area contributed by atoms with E-state index in [4.69, 9.17) is 4.42 Å². The number of nitro groups is 1. The van der Waals surface area contributed by atoms with Crippen LogP contribution in [-0.4, -0.2) is 22.5 Å². The van der Waals surface area contributed by atoms with Crippen molar-refractivity contribution in [1.82, 2.24) is 4.98 Å². The summed E-state index contributed by atoms with van der Waals surface area (Å²) in [5.74, 6) is -4.10. The summed E-state index contributed by atoms with van der Waals surface area (Å²) < 4.78 is 37.3. The minimum atomic E-state index is -1.46. The quantitative estimate of drug-likeness (QED) is 0.489. The third kappa shape index (κ3) is 2.57. The van der Waals surface area contributed by atoms with Gasteiger partial charge in [-0.15, -0.1) is 0 Å². The first-order valence-corrected chi connectivity index (χ1v) is 5.70. The molecule has 21 heavy (non-hydrogen) atoms. The smallest absolute Gasteiger partial charge is 0.360 e. The molecular weight excluding hydrogens is 290 g/mol. The summed E-state index contributed by atoms with van der Waals surface area (Å²) in [6, 6.07) is 1.38. The van der Waals surface area contributed by atoms with Crippen LogP contribution in [0.15, 0.2) is 22.9 Å². The molecule has 0 spiro atoms. The molecule has 7 nitrogen and oxygen atoms in total.